The van der Waals surface area contributed by atoms with Crippen molar-refractivity contribution in [1.82, 2.24) is 14.8 Å². The maximum atomic E-state index is 12.7. The third-order valence-electron chi connectivity index (χ3n) is 4.48. The monoisotopic (exact) mass is 378 g/mol. The van der Waals surface area contributed by atoms with Crippen molar-refractivity contribution in [2.45, 2.75) is 43.4 Å². The molecule has 0 aliphatic heterocycles. The normalized spacial score (nSPS) is 16.2. The van der Waals surface area contributed by atoms with Gasteiger partial charge in [0.05, 0.1) is 4.90 Å². The van der Waals surface area contributed by atoms with E-state index in [0.29, 0.717) is 5.69 Å². The van der Waals surface area contributed by atoms with Crippen molar-refractivity contribution >= 4 is 33.5 Å². The van der Waals surface area contributed by atoms with Gasteiger partial charge in [-0.05, 0) is 37.1 Å². The Morgan fingerprint density at radius 3 is 2.31 bits per heavy atom. The molecule has 1 aliphatic rings. The first kappa shape index (κ1) is 18.3. The molecular weight excluding hydrogens is 356 g/mol. The lowest BCUT2D eigenvalue weighted by Gasteiger charge is -2.12. The molecule has 1 saturated carbocycles. The summed E-state index contributed by atoms with van der Waals surface area (Å²) in [6.07, 6.45) is 6.06. The minimum Gasteiger partial charge on any atom is -0.368 e. The van der Waals surface area contributed by atoms with Crippen molar-refractivity contribution in [2.75, 3.05) is 11.1 Å². The van der Waals surface area contributed by atoms with Crippen LogP contribution in [-0.4, -0.2) is 29.1 Å². The van der Waals surface area contributed by atoms with Crippen LogP contribution in [0.1, 0.15) is 43.3 Å². The molecule has 1 aliphatic carbocycles. The van der Waals surface area contributed by atoms with Gasteiger partial charge in [0.15, 0.2) is 0 Å². The van der Waals surface area contributed by atoms with Gasteiger partial charge in [0.1, 0.15) is 0 Å². The second-order valence-electron chi connectivity index (χ2n) is 6.43. The van der Waals surface area contributed by atoms with Crippen molar-refractivity contribution in [3.63, 3.8) is 0 Å². The number of primary sulfonamides is 1. The molecule has 0 bridgehead atoms. The predicted molar refractivity (Wildman–Crippen MR) is 97.4 cm³/mol. The molecule has 1 aromatic heterocycles. The molecule has 1 heterocycles. The molecular formula is C16H22N6O3S. The van der Waals surface area contributed by atoms with E-state index in [1.54, 1.807) is 0 Å². The highest BCUT2D eigenvalue weighted by Gasteiger charge is 2.24. The molecule has 0 saturated heterocycles. The van der Waals surface area contributed by atoms with Crippen LogP contribution in [0.15, 0.2) is 29.2 Å². The Bertz CT molecular complexity index is 883. The molecule has 1 aromatic carbocycles. The SMILES string of the molecule is Nc1nc(Nc2ccc(S(N)(=O)=O)cc2)nn1C(=O)C1CCCCCC1. The van der Waals surface area contributed by atoms with E-state index in [-0.39, 0.29) is 28.6 Å². The Balaban J connectivity index is 1.74. The molecule has 0 amide bonds. The van der Waals surface area contributed by atoms with Crippen molar-refractivity contribution in [3.05, 3.63) is 24.3 Å². The lowest BCUT2D eigenvalue weighted by molar-refractivity contribution is 0.0807. The van der Waals surface area contributed by atoms with Gasteiger partial charge in [0.2, 0.25) is 21.9 Å². The third-order valence-corrected chi connectivity index (χ3v) is 5.41. The van der Waals surface area contributed by atoms with Gasteiger partial charge in [-0.1, -0.05) is 25.7 Å². The summed E-state index contributed by atoms with van der Waals surface area (Å²) in [5.74, 6) is -0.00588. The fourth-order valence-corrected chi connectivity index (χ4v) is 3.61. The summed E-state index contributed by atoms with van der Waals surface area (Å²) in [5.41, 5.74) is 6.41. The van der Waals surface area contributed by atoms with Gasteiger partial charge < -0.3 is 11.1 Å². The molecule has 140 valence electrons. The molecule has 26 heavy (non-hydrogen) atoms. The number of rotatable bonds is 4. The number of nitrogen functional groups attached to an aromatic ring is 1. The van der Waals surface area contributed by atoms with Crippen LogP contribution < -0.4 is 16.2 Å². The largest absolute Gasteiger partial charge is 0.368 e. The van der Waals surface area contributed by atoms with E-state index in [0.717, 1.165) is 43.2 Å². The van der Waals surface area contributed by atoms with Crippen LogP contribution in [-0.2, 0) is 10.0 Å². The summed E-state index contributed by atoms with van der Waals surface area (Å²) in [5, 5.41) is 12.1. The number of hydrogen-bond acceptors (Lipinski definition) is 7. The van der Waals surface area contributed by atoms with Crippen LogP contribution in [0.3, 0.4) is 0 Å². The van der Waals surface area contributed by atoms with Gasteiger partial charge >= 0.3 is 0 Å². The van der Waals surface area contributed by atoms with E-state index in [4.69, 9.17) is 10.9 Å². The number of carbonyl (C=O) groups excluding carboxylic acids is 1. The van der Waals surface area contributed by atoms with E-state index in [2.05, 4.69) is 15.4 Å². The first-order chi connectivity index (χ1) is 12.3. The van der Waals surface area contributed by atoms with E-state index in [9.17, 15) is 13.2 Å². The van der Waals surface area contributed by atoms with Gasteiger partial charge in [0.25, 0.3) is 5.91 Å². The summed E-state index contributed by atoms with van der Waals surface area (Å²) < 4.78 is 23.7. The number of anilines is 3. The maximum absolute atomic E-state index is 12.7. The Kier molecular flexibility index (Phi) is 5.23. The molecule has 0 unspecified atom stereocenters. The first-order valence-corrected chi connectivity index (χ1v) is 10.1. The standard InChI is InChI=1S/C16H22N6O3S/c17-15-20-16(19-12-7-9-13(10-8-12)26(18,24)25)21-22(15)14(23)11-5-3-1-2-4-6-11/h7-11H,1-6H2,(H2,18,24,25)(H3,17,19,20,21). The highest BCUT2D eigenvalue weighted by molar-refractivity contribution is 7.89. The lowest BCUT2D eigenvalue weighted by Crippen LogP contribution is -2.24. The Morgan fingerprint density at radius 2 is 1.73 bits per heavy atom. The summed E-state index contributed by atoms with van der Waals surface area (Å²) >= 11 is 0. The van der Waals surface area contributed by atoms with Gasteiger partial charge in [0, 0.05) is 11.6 Å². The van der Waals surface area contributed by atoms with Crippen molar-refractivity contribution in [3.8, 4) is 0 Å². The zero-order valence-electron chi connectivity index (χ0n) is 14.3. The Labute approximate surface area is 151 Å². The molecule has 10 heteroatoms. The maximum Gasteiger partial charge on any atom is 0.253 e. The van der Waals surface area contributed by atoms with Crippen molar-refractivity contribution in [1.29, 1.82) is 0 Å². The quantitative estimate of drug-likeness (QED) is 0.688. The van der Waals surface area contributed by atoms with Crippen LogP contribution >= 0.6 is 0 Å². The molecule has 5 N–H and O–H groups in total. The van der Waals surface area contributed by atoms with Gasteiger partial charge in [-0.25, -0.2) is 13.6 Å². The van der Waals surface area contributed by atoms with Crippen LogP contribution in [0, 0.1) is 5.92 Å². The molecule has 9 nitrogen and oxygen atoms in total. The number of nitrogens with zero attached hydrogens (tertiary/aromatic N) is 3. The van der Waals surface area contributed by atoms with Crippen molar-refractivity contribution < 1.29 is 13.2 Å². The van der Waals surface area contributed by atoms with Crippen LogP contribution in [0.5, 0.6) is 0 Å². The molecule has 2 aromatic rings. The van der Waals surface area contributed by atoms with Gasteiger partial charge in [-0.2, -0.15) is 9.67 Å². The van der Waals surface area contributed by atoms with Gasteiger partial charge in [-0.15, -0.1) is 5.10 Å². The Morgan fingerprint density at radius 1 is 1.12 bits per heavy atom. The molecule has 0 atom stereocenters. The minimum absolute atomic E-state index is 0.00425. The second-order valence-corrected chi connectivity index (χ2v) is 7.99. The first-order valence-electron chi connectivity index (χ1n) is 8.51. The summed E-state index contributed by atoms with van der Waals surface area (Å²) in [7, 11) is -3.75. The Hall–Kier alpha value is -2.46. The van der Waals surface area contributed by atoms with Crippen molar-refractivity contribution in [2.24, 2.45) is 11.1 Å². The summed E-state index contributed by atoms with van der Waals surface area (Å²) in [6, 6.07) is 5.80. The van der Waals surface area contributed by atoms with Crippen LogP contribution in [0.2, 0.25) is 0 Å². The van der Waals surface area contributed by atoms with E-state index >= 15 is 0 Å². The zero-order chi connectivity index (χ0) is 18.7. The molecule has 3 rings (SSSR count). The predicted octanol–water partition coefficient (Wildman–Crippen LogP) is 1.86. The van der Waals surface area contributed by atoms with E-state index < -0.39 is 10.0 Å². The average molecular weight is 378 g/mol. The second kappa shape index (κ2) is 7.42. The molecule has 0 radical (unpaired) electrons. The zero-order valence-corrected chi connectivity index (χ0v) is 15.1. The highest BCUT2D eigenvalue weighted by atomic mass is 32.2. The average Bonchev–Trinajstić information content (AvgIpc) is 2.80. The summed E-state index contributed by atoms with van der Waals surface area (Å²) in [6.45, 7) is 0. The number of carbonyl (C=O) groups is 1. The van der Waals surface area contributed by atoms with E-state index in [1.165, 1.54) is 24.3 Å². The number of nitrogens with one attached hydrogen (secondary N) is 1. The highest BCUT2D eigenvalue weighted by Crippen LogP contribution is 2.25. The molecule has 1 fully saturated rings. The lowest BCUT2D eigenvalue weighted by atomic mass is 10.00. The van der Waals surface area contributed by atoms with Crippen LogP contribution in [0.25, 0.3) is 0 Å². The number of benzene rings is 1. The summed E-state index contributed by atoms with van der Waals surface area (Å²) in [4.78, 5) is 16.7. The fraction of sp³-hybridized carbons (Fsp3) is 0.438. The van der Waals surface area contributed by atoms with Crippen LogP contribution in [0.4, 0.5) is 17.6 Å². The number of nitrogens with two attached hydrogens (primary N) is 2. The number of aromatic nitrogens is 3. The third kappa shape index (κ3) is 4.20. The minimum atomic E-state index is -3.75. The number of hydrogen-bond donors (Lipinski definition) is 3. The van der Waals surface area contributed by atoms with Gasteiger partial charge in [-0.3, -0.25) is 4.79 Å². The fourth-order valence-electron chi connectivity index (χ4n) is 3.10. The topological polar surface area (TPSA) is 146 Å². The molecule has 0 spiro atoms. The van der Waals surface area contributed by atoms with E-state index in [1.807, 2.05) is 0 Å². The smallest absolute Gasteiger partial charge is 0.253 e. The number of sulfonamides is 1.